The molecule has 1 atom stereocenters. The van der Waals surface area contributed by atoms with Gasteiger partial charge in [-0.25, -0.2) is 0 Å². The van der Waals surface area contributed by atoms with E-state index in [1.807, 2.05) is 0 Å². The Bertz CT molecular complexity index is 332. The highest BCUT2D eigenvalue weighted by molar-refractivity contribution is 6.50. The average molecular weight is 261 g/mol. The van der Waals surface area contributed by atoms with E-state index in [2.05, 4.69) is 48.7 Å². The highest BCUT2D eigenvalue weighted by Crippen LogP contribution is 2.24. The Morgan fingerprint density at radius 1 is 1.17 bits per heavy atom. The quantitative estimate of drug-likeness (QED) is 0.737. The molecule has 1 unspecified atom stereocenters. The molecular weight excluding hydrogens is 234 g/mol. The van der Waals surface area contributed by atoms with Crippen LogP contribution in [0.2, 0.25) is 0 Å². The fraction of sp³-hybridized carbons (Fsp3) is 0.625. The van der Waals surface area contributed by atoms with E-state index in [-0.39, 0.29) is 9.68 Å². The SMILES string of the molecule is CCC(C)N([SiH2]c1ccccc1)C1CCCCC1. The van der Waals surface area contributed by atoms with Gasteiger partial charge in [-0.05, 0) is 24.4 Å². The van der Waals surface area contributed by atoms with Crippen LogP contribution in [0.15, 0.2) is 30.3 Å². The van der Waals surface area contributed by atoms with Crippen LogP contribution >= 0.6 is 0 Å². The third kappa shape index (κ3) is 3.69. The lowest BCUT2D eigenvalue weighted by Gasteiger charge is -2.38. The van der Waals surface area contributed by atoms with Crippen molar-refractivity contribution in [2.75, 3.05) is 0 Å². The molecule has 1 saturated carbocycles. The number of rotatable bonds is 5. The van der Waals surface area contributed by atoms with Crippen molar-refractivity contribution in [3.8, 4) is 0 Å². The van der Waals surface area contributed by atoms with E-state index in [1.54, 1.807) is 5.19 Å². The highest BCUT2D eigenvalue weighted by Gasteiger charge is 2.24. The molecule has 2 heteroatoms. The fourth-order valence-electron chi connectivity index (χ4n) is 3.09. The van der Waals surface area contributed by atoms with E-state index < -0.39 is 0 Å². The molecule has 0 saturated heterocycles. The molecule has 1 aromatic carbocycles. The van der Waals surface area contributed by atoms with E-state index in [4.69, 9.17) is 0 Å². The van der Waals surface area contributed by atoms with E-state index >= 15 is 0 Å². The topological polar surface area (TPSA) is 3.24 Å². The van der Waals surface area contributed by atoms with Gasteiger partial charge >= 0.3 is 0 Å². The first-order valence-corrected chi connectivity index (χ1v) is 8.95. The molecule has 1 nitrogen and oxygen atoms in total. The molecule has 0 aliphatic heterocycles. The summed E-state index contributed by atoms with van der Waals surface area (Å²) in [6.45, 7) is 4.75. The van der Waals surface area contributed by atoms with Crippen molar-refractivity contribution < 1.29 is 0 Å². The van der Waals surface area contributed by atoms with Crippen LogP contribution in [-0.2, 0) is 0 Å². The number of benzene rings is 1. The van der Waals surface area contributed by atoms with Crippen LogP contribution in [0.4, 0.5) is 0 Å². The molecule has 0 spiro atoms. The van der Waals surface area contributed by atoms with Gasteiger partial charge in [0.1, 0.15) is 9.68 Å². The molecule has 0 bridgehead atoms. The Morgan fingerprint density at radius 3 is 2.44 bits per heavy atom. The second kappa shape index (κ2) is 7.10. The van der Waals surface area contributed by atoms with E-state index in [9.17, 15) is 0 Å². The molecule has 0 heterocycles. The Labute approximate surface area is 114 Å². The maximum atomic E-state index is 2.88. The Morgan fingerprint density at radius 2 is 1.83 bits per heavy atom. The molecule has 0 amide bonds. The van der Waals surface area contributed by atoms with Crippen LogP contribution in [0.3, 0.4) is 0 Å². The van der Waals surface area contributed by atoms with Gasteiger partial charge in [0.15, 0.2) is 0 Å². The minimum absolute atomic E-state index is 0.267. The lowest BCUT2D eigenvalue weighted by Crippen LogP contribution is -2.48. The van der Waals surface area contributed by atoms with Crippen molar-refractivity contribution >= 4 is 14.9 Å². The minimum atomic E-state index is -0.267. The number of nitrogens with zero attached hydrogens (tertiary/aromatic N) is 1. The molecule has 2 rings (SSSR count). The summed E-state index contributed by atoms with van der Waals surface area (Å²) in [6, 6.07) is 12.8. The first-order chi connectivity index (χ1) is 8.81. The van der Waals surface area contributed by atoms with Gasteiger partial charge in [0.25, 0.3) is 0 Å². The van der Waals surface area contributed by atoms with Crippen molar-refractivity contribution in [3.05, 3.63) is 30.3 Å². The van der Waals surface area contributed by atoms with Gasteiger partial charge in [-0.15, -0.1) is 0 Å². The van der Waals surface area contributed by atoms with Crippen LogP contribution < -0.4 is 5.19 Å². The lowest BCUT2D eigenvalue weighted by molar-refractivity contribution is 0.211. The molecule has 0 aromatic heterocycles. The Balaban J connectivity index is 2.04. The summed E-state index contributed by atoms with van der Waals surface area (Å²) in [5.74, 6) is 0. The first kappa shape index (κ1) is 13.8. The predicted molar refractivity (Wildman–Crippen MR) is 83.1 cm³/mol. The number of hydrogen-bond donors (Lipinski definition) is 0. The normalized spacial score (nSPS) is 19.7. The van der Waals surface area contributed by atoms with Gasteiger partial charge in [0, 0.05) is 12.1 Å². The first-order valence-electron chi connectivity index (χ1n) is 7.61. The van der Waals surface area contributed by atoms with Crippen LogP contribution in [0.5, 0.6) is 0 Å². The van der Waals surface area contributed by atoms with Crippen LogP contribution in [-0.4, -0.2) is 26.3 Å². The zero-order valence-electron chi connectivity index (χ0n) is 11.9. The van der Waals surface area contributed by atoms with Crippen molar-refractivity contribution in [2.45, 2.75) is 64.5 Å². The Kier molecular flexibility index (Phi) is 5.45. The van der Waals surface area contributed by atoms with Crippen molar-refractivity contribution in [1.29, 1.82) is 0 Å². The van der Waals surface area contributed by atoms with Gasteiger partial charge in [0.2, 0.25) is 0 Å². The molecular formula is C16H27NSi. The predicted octanol–water partition coefficient (Wildman–Crippen LogP) is 2.83. The minimum Gasteiger partial charge on any atom is -0.320 e. The largest absolute Gasteiger partial charge is 0.320 e. The molecule has 100 valence electrons. The zero-order valence-corrected chi connectivity index (χ0v) is 13.4. The van der Waals surface area contributed by atoms with Crippen molar-refractivity contribution in [3.63, 3.8) is 0 Å². The molecule has 1 fully saturated rings. The van der Waals surface area contributed by atoms with Gasteiger partial charge in [0.05, 0.1) is 0 Å². The Hall–Kier alpha value is -0.603. The fourth-order valence-corrected chi connectivity index (χ4v) is 5.18. The molecule has 1 aromatic rings. The molecule has 0 N–H and O–H groups in total. The summed E-state index contributed by atoms with van der Waals surface area (Å²) in [7, 11) is -0.267. The summed E-state index contributed by atoms with van der Waals surface area (Å²) in [4.78, 5) is 0. The second-order valence-electron chi connectivity index (χ2n) is 5.71. The summed E-state index contributed by atoms with van der Waals surface area (Å²) >= 11 is 0. The van der Waals surface area contributed by atoms with Gasteiger partial charge < -0.3 is 4.57 Å². The summed E-state index contributed by atoms with van der Waals surface area (Å²) in [5.41, 5.74) is 0. The second-order valence-corrected chi connectivity index (χ2v) is 7.57. The smallest absolute Gasteiger partial charge is 0.127 e. The third-order valence-corrected chi connectivity index (χ3v) is 6.75. The van der Waals surface area contributed by atoms with Crippen LogP contribution in [0.25, 0.3) is 0 Å². The van der Waals surface area contributed by atoms with Gasteiger partial charge in [-0.2, -0.15) is 0 Å². The van der Waals surface area contributed by atoms with Gasteiger partial charge in [-0.3, -0.25) is 0 Å². The molecule has 0 radical (unpaired) electrons. The third-order valence-electron chi connectivity index (χ3n) is 4.41. The van der Waals surface area contributed by atoms with E-state index in [0.717, 1.165) is 12.1 Å². The molecule has 1 aliphatic rings. The van der Waals surface area contributed by atoms with E-state index in [0.29, 0.717) is 0 Å². The molecule has 1 aliphatic carbocycles. The summed E-state index contributed by atoms with van der Waals surface area (Å²) in [6.07, 6.45) is 8.50. The maximum Gasteiger partial charge on any atom is 0.127 e. The van der Waals surface area contributed by atoms with Gasteiger partial charge in [-0.1, -0.05) is 63.4 Å². The summed E-state index contributed by atoms with van der Waals surface area (Å²) < 4.78 is 2.88. The average Bonchev–Trinajstić information content (AvgIpc) is 2.46. The van der Waals surface area contributed by atoms with Crippen LogP contribution in [0.1, 0.15) is 52.4 Å². The standard InChI is InChI=1S/C16H27NSi/c1-3-14(2)17(15-10-6-4-7-11-15)18-16-12-8-5-9-13-16/h5,8-9,12-15H,3-4,6-7,10-11,18H2,1-2H3. The monoisotopic (exact) mass is 261 g/mol. The number of hydrogen-bond acceptors (Lipinski definition) is 1. The summed E-state index contributed by atoms with van der Waals surface area (Å²) in [5, 5.41) is 1.60. The highest BCUT2D eigenvalue weighted by atomic mass is 28.2. The van der Waals surface area contributed by atoms with Crippen LogP contribution in [0, 0.1) is 0 Å². The molecule has 18 heavy (non-hydrogen) atoms. The lowest BCUT2D eigenvalue weighted by atomic mass is 9.95. The van der Waals surface area contributed by atoms with Crippen molar-refractivity contribution in [1.82, 2.24) is 4.57 Å². The maximum absolute atomic E-state index is 2.88. The zero-order chi connectivity index (χ0) is 12.8. The van der Waals surface area contributed by atoms with E-state index in [1.165, 1.54) is 38.5 Å². The van der Waals surface area contributed by atoms with Crippen molar-refractivity contribution in [2.24, 2.45) is 0 Å².